The first-order chi connectivity index (χ1) is 16.2. The first-order valence-electron chi connectivity index (χ1n) is 10.6. The third-order valence-corrected chi connectivity index (χ3v) is 6.82. The van der Waals surface area contributed by atoms with Crippen molar-refractivity contribution in [3.05, 3.63) is 77.9 Å². The zero-order valence-electron chi connectivity index (χ0n) is 18.1. The molecule has 1 N–H and O–H groups in total. The first kappa shape index (κ1) is 21.8. The van der Waals surface area contributed by atoms with Crippen LogP contribution in [0.4, 0.5) is 5.69 Å². The third kappa shape index (κ3) is 3.84. The van der Waals surface area contributed by atoms with Gasteiger partial charge in [-0.25, -0.2) is 8.42 Å². The van der Waals surface area contributed by atoms with Crippen LogP contribution in [0.1, 0.15) is 27.1 Å². The van der Waals surface area contributed by atoms with Crippen molar-refractivity contribution in [3.8, 4) is 0 Å². The van der Waals surface area contributed by atoms with Crippen LogP contribution in [0.5, 0.6) is 0 Å². The number of hydrogen-bond donors (Lipinski definition) is 1. The minimum Gasteiger partial charge on any atom is -0.456 e. The van der Waals surface area contributed by atoms with Crippen molar-refractivity contribution in [1.82, 2.24) is 4.90 Å². The highest BCUT2D eigenvalue weighted by Crippen LogP contribution is 2.31. The number of fused-ring (bicyclic) bond motifs is 4. The summed E-state index contributed by atoms with van der Waals surface area (Å²) in [5.41, 5.74) is 2.17. The van der Waals surface area contributed by atoms with E-state index in [1.807, 2.05) is 24.3 Å². The van der Waals surface area contributed by atoms with Gasteiger partial charge in [-0.1, -0.05) is 30.3 Å². The SMILES string of the molecule is CS(=O)(=O)CCC(C(=O)Nc1ccc2oc3ccccc3c2c1)N1C(=O)c2ccccc2C1=O. The Balaban J connectivity index is 1.48. The fourth-order valence-electron chi connectivity index (χ4n) is 4.22. The van der Waals surface area contributed by atoms with Crippen LogP contribution in [0, 0.1) is 0 Å². The lowest BCUT2D eigenvalue weighted by Crippen LogP contribution is -2.48. The first-order valence-corrected chi connectivity index (χ1v) is 12.7. The highest BCUT2D eigenvalue weighted by molar-refractivity contribution is 7.90. The van der Waals surface area contributed by atoms with E-state index < -0.39 is 33.6 Å². The third-order valence-electron chi connectivity index (χ3n) is 5.85. The van der Waals surface area contributed by atoms with Crippen LogP contribution in [0.25, 0.3) is 21.9 Å². The molecule has 0 bridgehead atoms. The number of carbonyl (C=O) groups is 3. The minimum absolute atomic E-state index is 0.191. The number of furan rings is 1. The average molecular weight is 477 g/mol. The number of hydrogen-bond acceptors (Lipinski definition) is 6. The van der Waals surface area contributed by atoms with Crippen molar-refractivity contribution < 1.29 is 27.2 Å². The zero-order chi connectivity index (χ0) is 24.0. The molecule has 0 fully saturated rings. The Labute approximate surface area is 195 Å². The fraction of sp³-hybridized carbons (Fsp3) is 0.160. The molecular weight excluding hydrogens is 456 g/mol. The number of nitrogens with one attached hydrogen (secondary N) is 1. The monoisotopic (exact) mass is 476 g/mol. The molecule has 0 spiro atoms. The van der Waals surface area contributed by atoms with Gasteiger partial charge in [-0.15, -0.1) is 0 Å². The van der Waals surface area contributed by atoms with Crippen LogP contribution in [-0.2, 0) is 14.6 Å². The lowest BCUT2D eigenvalue weighted by atomic mass is 10.1. The number of anilines is 1. The summed E-state index contributed by atoms with van der Waals surface area (Å²) in [5.74, 6) is -2.24. The second-order valence-electron chi connectivity index (χ2n) is 8.26. The lowest BCUT2D eigenvalue weighted by Gasteiger charge is -2.25. The molecule has 0 saturated heterocycles. The molecule has 1 aromatic heterocycles. The number of amides is 3. The van der Waals surface area contributed by atoms with E-state index in [0.717, 1.165) is 21.9 Å². The van der Waals surface area contributed by atoms with Crippen LogP contribution in [0.15, 0.2) is 71.1 Å². The quantitative estimate of drug-likeness (QED) is 0.425. The molecule has 3 aromatic carbocycles. The van der Waals surface area contributed by atoms with Gasteiger partial charge in [-0.05, 0) is 42.8 Å². The maximum Gasteiger partial charge on any atom is 0.262 e. The largest absolute Gasteiger partial charge is 0.456 e. The maximum absolute atomic E-state index is 13.3. The summed E-state index contributed by atoms with van der Waals surface area (Å²) in [6, 6.07) is 17.6. The Morgan fingerprint density at radius 2 is 1.53 bits per heavy atom. The van der Waals surface area contributed by atoms with E-state index in [0.29, 0.717) is 16.9 Å². The number of para-hydroxylation sites is 1. The summed E-state index contributed by atoms with van der Waals surface area (Å²) in [5, 5.41) is 4.42. The molecule has 4 aromatic rings. The number of imide groups is 1. The average Bonchev–Trinajstić information content (AvgIpc) is 3.29. The fourth-order valence-corrected chi connectivity index (χ4v) is 4.87. The molecule has 0 aliphatic carbocycles. The Morgan fingerprint density at radius 3 is 2.21 bits per heavy atom. The van der Waals surface area contributed by atoms with Gasteiger partial charge in [0.15, 0.2) is 0 Å². The van der Waals surface area contributed by atoms with Gasteiger partial charge in [0, 0.05) is 22.7 Å². The number of nitrogens with zero attached hydrogens (tertiary/aromatic N) is 1. The number of rotatable bonds is 6. The summed E-state index contributed by atoms with van der Waals surface area (Å²) in [6.45, 7) is 0. The van der Waals surface area contributed by atoms with E-state index in [9.17, 15) is 22.8 Å². The van der Waals surface area contributed by atoms with Crippen molar-refractivity contribution in [3.63, 3.8) is 0 Å². The second-order valence-corrected chi connectivity index (χ2v) is 10.5. The molecule has 3 amide bonds. The highest BCUT2D eigenvalue weighted by Gasteiger charge is 2.42. The van der Waals surface area contributed by atoms with Gasteiger partial charge in [0.05, 0.1) is 16.9 Å². The van der Waals surface area contributed by atoms with Crippen molar-refractivity contribution in [1.29, 1.82) is 0 Å². The summed E-state index contributed by atoms with van der Waals surface area (Å²) in [7, 11) is -3.44. The Kier molecular flexibility index (Phi) is 5.21. The highest BCUT2D eigenvalue weighted by atomic mass is 32.2. The van der Waals surface area contributed by atoms with Gasteiger partial charge in [0.1, 0.15) is 27.0 Å². The van der Waals surface area contributed by atoms with Crippen molar-refractivity contribution in [2.75, 3.05) is 17.3 Å². The van der Waals surface area contributed by atoms with Gasteiger partial charge >= 0.3 is 0 Å². The topological polar surface area (TPSA) is 114 Å². The molecule has 1 aliphatic heterocycles. The molecule has 0 radical (unpaired) electrons. The second kappa shape index (κ2) is 8.11. The van der Waals surface area contributed by atoms with Crippen LogP contribution in [0.2, 0.25) is 0 Å². The Morgan fingerprint density at radius 1 is 0.912 bits per heavy atom. The molecule has 172 valence electrons. The van der Waals surface area contributed by atoms with Crippen molar-refractivity contribution in [2.24, 2.45) is 0 Å². The number of carbonyl (C=O) groups excluding carboxylic acids is 3. The number of benzene rings is 3. The number of sulfone groups is 1. The maximum atomic E-state index is 13.3. The molecule has 1 atom stereocenters. The molecular formula is C25H20N2O6S. The predicted molar refractivity (Wildman–Crippen MR) is 127 cm³/mol. The summed E-state index contributed by atoms with van der Waals surface area (Å²) < 4.78 is 29.5. The van der Waals surface area contributed by atoms with Gasteiger partial charge in [0.25, 0.3) is 11.8 Å². The lowest BCUT2D eigenvalue weighted by molar-refractivity contribution is -0.120. The zero-order valence-corrected chi connectivity index (χ0v) is 19.0. The summed E-state index contributed by atoms with van der Waals surface area (Å²) >= 11 is 0. The van der Waals surface area contributed by atoms with Gasteiger partial charge < -0.3 is 9.73 Å². The van der Waals surface area contributed by atoms with Gasteiger partial charge in [-0.2, -0.15) is 0 Å². The molecule has 2 heterocycles. The smallest absolute Gasteiger partial charge is 0.262 e. The molecule has 34 heavy (non-hydrogen) atoms. The molecule has 0 saturated carbocycles. The summed E-state index contributed by atoms with van der Waals surface area (Å²) in [4.78, 5) is 40.1. The van der Waals surface area contributed by atoms with E-state index in [1.54, 1.807) is 30.3 Å². The van der Waals surface area contributed by atoms with E-state index in [1.165, 1.54) is 12.1 Å². The Bertz CT molecular complexity index is 1550. The van der Waals surface area contributed by atoms with Gasteiger partial charge in [0.2, 0.25) is 5.91 Å². The molecule has 9 heteroatoms. The van der Waals surface area contributed by atoms with Crippen LogP contribution >= 0.6 is 0 Å². The molecule has 1 unspecified atom stereocenters. The Hall–Kier alpha value is -3.98. The normalized spacial score (nSPS) is 14.6. The molecule has 1 aliphatic rings. The standard InChI is InChI=1S/C25H20N2O6S/c1-34(31,32)13-12-20(27-24(29)17-7-2-3-8-18(17)25(27)30)23(28)26-15-10-11-22-19(14-15)16-6-4-5-9-21(16)33-22/h2-11,14,20H,12-13H2,1H3,(H,26,28). The van der Waals surface area contributed by atoms with E-state index in [4.69, 9.17) is 4.42 Å². The van der Waals surface area contributed by atoms with Crippen LogP contribution < -0.4 is 5.32 Å². The van der Waals surface area contributed by atoms with Crippen molar-refractivity contribution >= 4 is 55.2 Å². The van der Waals surface area contributed by atoms with Gasteiger partial charge in [-0.3, -0.25) is 19.3 Å². The van der Waals surface area contributed by atoms with Crippen LogP contribution in [0.3, 0.4) is 0 Å². The molecule has 8 nitrogen and oxygen atoms in total. The predicted octanol–water partition coefficient (Wildman–Crippen LogP) is 3.62. The van der Waals surface area contributed by atoms with Crippen LogP contribution in [-0.4, -0.2) is 49.1 Å². The van der Waals surface area contributed by atoms with E-state index >= 15 is 0 Å². The van der Waals surface area contributed by atoms with Crippen molar-refractivity contribution in [2.45, 2.75) is 12.5 Å². The summed E-state index contributed by atoms with van der Waals surface area (Å²) in [6.07, 6.45) is 0.829. The molecule has 5 rings (SSSR count). The van der Waals surface area contributed by atoms with E-state index in [-0.39, 0.29) is 23.3 Å². The minimum atomic E-state index is -3.44. The van der Waals surface area contributed by atoms with E-state index in [2.05, 4.69) is 5.32 Å².